The summed E-state index contributed by atoms with van der Waals surface area (Å²) in [4.78, 5) is 0. The Bertz CT molecular complexity index is 557. The lowest BCUT2D eigenvalue weighted by Crippen LogP contribution is -2.62. The highest BCUT2D eigenvalue weighted by Crippen LogP contribution is 2.50. The van der Waals surface area contributed by atoms with E-state index in [1.54, 1.807) is 7.11 Å². The highest BCUT2D eigenvalue weighted by molar-refractivity contribution is 5.33. The average molecular weight is 292 g/mol. The summed E-state index contributed by atoms with van der Waals surface area (Å²) in [6.45, 7) is 4.76. The molecule has 0 aromatic heterocycles. The van der Waals surface area contributed by atoms with Crippen LogP contribution in [-0.2, 0) is 30.3 Å². The predicted octanol–water partition coefficient (Wildman–Crippen LogP) is 2.15. The summed E-state index contributed by atoms with van der Waals surface area (Å²) in [6.07, 6.45) is -0.780. The summed E-state index contributed by atoms with van der Waals surface area (Å²) in [5.74, 6) is -1.61. The van der Waals surface area contributed by atoms with E-state index in [9.17, 15) is 0 Å². The molecule has 0 unspecified atom stereocenters. The molecule has 0 N–H and O–H groups in total. The summed E-state index contributed by atoms with van der Waals surface area (Å²) < 4.78 is 29.9. The van der Waals surface area contributed by atoms with Crippen LogP contribution in [0.3, 0.4) is 0 Å². The second-order valence-electron chi connectivity index (χ2n) is 6.22. The molecule has 5 heteroatoms. The molecule has 0 saturated carbocycles. The van der Waals surface area contributed by atoms with E-state index < -0.39 is 11.6 Å². The molecule has 114 valence electrons. The van der Waals surface area contributed by atoms with E-state index in [4.69, 9.17) is 23.7 Å². The average Bonchev–Trinajstić information content (AvgIpc) is 2.81. The summed E-state index contributed by atoms with van der Waals surface area (Å²) in [7, 11) is 1.64. The Morgan fingerprint density at radius 1 is 1.19 bits per heavy atom. The molecule has 3 heterocycles. The Morgan fingerprint density at radius 3 is 2.81 bits per heavy atom. The van der Waals surface area contributed by atoms with Gasteiger partial charge in [0.05, 0.1) is 13.2 Å². The summed E-state index contributed by atoms with van der Waals surface area (Å²) >= 11 is 0. The molecular formula is C16H20O5. The van der Waals surface area contributed by atoms with Crippen LogP contribution in [0.1, 0.15) is 31.1 Å². The van der Waals surface area contributed by atoms with Crippen LogP contribution in [0, 0.1) is 0 Å². The Morgan fingerprint density at radius 2 is 2.00 bits per heavy atom. The number of methoxy groups -OCH3 is 1. The molecule has 4 rings (SSSR count). The van der Waals surface area contributed by atoms with Gasteiger partial charge >= 0.3 is 0 Å². The second kappa shape index (κ2) is 4.51. The van der Waals surface area contributed by atoms with E-state index >= 15 is 0 Å². The Hall–Kier alpha value is -0.980. The van der Waals surface area contributed by atoms with Crippen molar-refractivity contribution in [1.29, 1.82) is 0 Å². The van der Waals surface area contributed by atoms with E-state index in [0.29, 0.717) is 13.2 Å². The van der Waals surface area contributed by atoms with Crippen molar-refractivity contribution in [3.05, 3.63) is 35.4 Å². The Balaban J connectivity index is 1.78. The lowest BCUT2D eigenvalue weighted by atomic mass is 9.86. The summed E-state index contributed by atoms with van der Waals surface area (Å²) in [5, 5.41) is 0. The SMILES string of the molecule is CO[C@@]12OCc3ccccc3[C@@H]1OC[C@H]1OC(C)(C)O[C@H]12. The van der Waals surface area contributed by atoms with Crippen LogP contribution < -0.4 is 0 Å². The van der Waals surface area contributed by atoms with Crippen molar-refractivity contribution in [3.8, 4) is 0 Å². The zero-order valence-electron chi connectivity index (χ0n) is 12.5. The van der Waals surface area contributed by atoms with Gasteiger partial charge in [-0.15, -0.1) is 0 Å². The third-order valence-corrected chi connectivity index (χ3v) is 4.48. The fraction of sp³-hybridized carbons (Fsp3) is 0.625. The van der Waals surface area contributed by atoms with Gasteiger partial charge in [-0.1, -0.05) is 24.3 Å². The fourth-order valence-electron chi connectivity index (χ4n) is 3.61. The third-order valence-electron chi connectivity index (χ3n) is 4.48. The summed E-state index contributed by atoms with van der Waals surface area (Å²) in [5.41, 5.74) is 2.24. The number of ether oxygens (including phenoxy) is 5. The normalized spacial score (nSPS) is 40.2. The molecular weight excluding hydrogens is 272 g/mol. The molecule has 0 spiro atoms. The van der Waals surface area contributed by atoms with Crippen molar-refractivity contribution in [1.82, 2.24) is 0 Å². The second-order valence-corrected chi connectivity index (χ2v) is 6.22. The highest BCUT2D eigenvalue weighted by Gasteiger charge is 2.63. The molecule has 21 heavy (non-hydrogen) atoms. The maximum Gasteiger partial charge on any atom is 0.229 e. The van der Waals surface area contributed by atoms with Gasteiger partial charge in [-0.2, -0.15) is 0 Å². The molecule has 0 bridgehead atoms. The van der Waals surface area contributed by atoms with E-state index in [1.165, 1.54) is 0 Å². The predicted molar refractivity (Wildman–Crippen MR) is 73.5 cm³/mol. The quantitative estimate of drug-likeness (QED) is 0.793. The number of benzene rings is 1. The molecule has 4 atom stereocenters. The first-order valence-electron chi connectivity index (χ1n) is 7.30. The minimum Gasteiger partial charge on any atom is -0.365 e. The zero-order valence-corrected chi connectivity index (χ0v) is 12.5. The Kier molecular flexibility index (Phi) is 2.93. The first kappa shape index (κ1) is 13.7. The van der Waals surface area contributed by atoms with Crippen LogP contribution in [0.25, 0.3) is 0 Å². The van der Waals surface area contributed by atoms with Gasteiger partial charge in [0.15, 0.2) is 5.79 Å². The van der Waals surface area contributed by atoms with Gasteiger partial charge < -0.3 is 23.7 Å². The molecule has 2 saturated heterocycles. The van der Waals surface area contributed by atoms with E-state index in [1.807, 2.05) is 26.0 Å². The zero-order chi connectivity index (χ0) is 14.7. The van der Waals surface area contributed by atoms with Gasteiger partial charge in [-0.3, -0.25) is 0 Å². The molecule has 3 aliphatic rings. The first-order valence-corrected chi connectivity index (χ1v) is 7.30. The van der Waals surface area contributed by atoms with Crippen LogP contribution in [-0.4, -0.2) is 37.5 Å². The van der Waals surface area contributed by atoms with Crippen molar-refractivity contribution < 1.29 is 23.7 Å². The van der Waals surface area contributed by atoms with Crippen LogP contribution in [0.15, 0.2) is 24.3 Å². The largest absolute Gasteiger partial charge is 0.365 e. The van der Waals surface area contributed by atoms with Crippen LogP contribution >= 0.6 is 0 Å². The van der Waals surface area contributed by atoms with Crippen LogP contribution in [0.5, 0.6) is 0 Å². The lowest BCUT2D eigenvalue weighted by molar-refractivity contribution is -0.360. The van der Waals surface area contributed by atoms with Crippen LogP contribution in [0.4, 0.5) is 0 Å². The highest BCUT2D eigenvalue weighted by atomic mass is 16.8. The van der Waals surface area contributed by atoms with Gasteiger partial charge in [0.25, 0.3) is 0 Å². The van der Waals surface area contributed by atoms with Gasteiger partial charge in [0.2, 0.25) is 5.79 Å². The maximum absolute atomic E-state index is 6.10. The molecule has 0 radical (unpaired) electrons. The van der Waals surface area contributed by atoms with Gasteiger partial charge in [0, 0.05) is 7.11 Å². The fourth-order valence-corrected chi connectivity index (χ4v) is 3.61. The van der Waals surface area contributed by atoms with Gasteiger partial charge in [0.1, 0.15) is 18.3 Å². The van der Waals surface area contributed by atoms with Gasteiger partial charge in [-0.25, -0.2) is 0 Å². The van der Waals surface area contributed by atoms with E-state index in [2.05, 4.69) is 12.1 Å². The Labute approximate surface area is 124 Å². The molecule has 3 aliphatic heterocycles. The topological polar surface area (TPSA) is 46.2 Å². The lowest BCUT2D eigenvalue weighted by Gasteiger charge is -2.49. The third kappa shape index (κ3) is 1.89. The maximum atomic E-state index is 6.10. The molecule has 0 aliphatic carbocycles. The minimum atomic E-state index is -0.953. The number of hydrogen-bond donors (Lipinski definition) is 0. The molecule has 5 nitrogen and oxygen atoms in total. The minimum absolute atomic E-state index is 0.179. The van der Waals surface area contributed by atoms with Crippen molar-refractivity contribution in [2.24, 2.45) is 0 Å². The van der Waals surface area contributed by atoms with Crippen molar-refractivity contribution >= 4 is 0 Å². The van der Waals surface area contributed by atoms with Crippen molar-refractivity contribution in [2.45, 2.75) is 50.3 Å². The number of fused-ring (bicyclic) bond motifs is 5. The molecule has 1 aromatic rings. The molecule has 1 aromatic carbocycles. The monoisotopic (exact) mass is 292 g/mol. The molecule has 0 amide bonds. The summed E-state index contributed by atoms with van der Waals surface area (Å²) in [6, 6.07) is 8.14. The van der Waals surface area contributed by atoms with Gasteiger partial charge in [-0.05, 0) is 25.0 Å². The number of hydrogen-bond acceptors (Lipinski definition) is 5. The van der Waals surface area contributed by atoms with Crippen LogP contribution in [0.2, 0.25) is 0 Å². The molecule has 2 fully saturated rings. The standard InChI is InChI=1S/C16H20O5/c1-15(2)20-12-9-18-13-11-7-5-4-6-10(11)8-19-16(13,17-3)14(12)21-15/h4-7,12-14H,8-9H2,1-3H3/t12-,13+,14-,16-/m1/s1. The smallest absolute Gasteiger partial charge is 0.229 e. The number of rotatable bonds is 1. The van der Waals surface area contributed by atoms with Crippen molar-refractivity contribution in [3.63, 3.8) is 0 Å². The van der Waals surface area contributed by atoms with E-state index in [0.717, 1.165) is 11.1 Å². The van der Waals surface area contributed by atoms with Crippen molar-refractivity contribution in [2.75, 3.05) is 13.7 Å². The van der Waals surface area contributed by atoms with E-state index in [-0.39, 0.29) is 18.3 Å². The first-order chi connectivity index (χ1) is 10.1.